The van der Waals surface area contributed by atoms with E-state index in [0.29, 0.717) is 0 Å². The molecule has 0 aromatic heterocycles. The summed E-state index contributed by atoms with van der Waals surface area (Å²) in [6, 6.07) is 0. The molecule has 0 bridgehead atoms. The molecule has 0 amide bonds. The Labute approximate surface area is 46.9 Å². The zero-order valence-electron chi connectivity index (χ0n) is 4.09. The number of hydrogen-bond acceptors (Lipinski definition) is 3. The van der Waals surface area contributed by atoms with Gasteiger partial charge < -0.3 is 0 Å². The lowest BCUT2D eigenvalue weighted by Gasteiger charge is -1.73. The Morgan fingerprint density at radius 2 is 1.50 bits per heavy atom. The number of rotatable bonds is 0. The van der Waals surface area contributed by atoms with Crippen LogP contribution in [0.25, 0.3) is 0 Å². The Hall–Kier alpha value is -0.560. The van der Waals surface area contributed by atoms with Crippen molar-refractivity contribution in [3.63, 3.8) is 0 Å². The van der Waals surface area contributed by atoms with Crippen LogP contribution in [0, 0.1) is 0 Å². The molecule has 0 saturated carbocycles. The SMILES string of the molecule is O=C1CCC(=O)[P]1=O. The minimum Gasteiger partial charge on any atom is -0.286 e. The predicted octanol–water partition coefficient (Wildman–Crippen LogP) is 0.661. The molecular weight excluding hydrogens is 127 g/mol. The molecule has 1 fully saturated rings. The van der Waals surface area contributed by atoms with E-state index in [1.54, 1.807) is 0 Å². The second-order valence-corrected chi connectivity index (χ2v) is 3.17. The third kappa shape index (κ3) is 0.693. The fourth-order valence-electron chi connectivity index (χ4n) is 0.556. The third-order valence-electron chi connectivity index (χ3n) is 1.01. The van der Waals surface area contributed by atoms with Crippen molar-refractivity contribution in [2.45, 2.75) is 12.8 Å². The molecule has 8 heavy (non-hydrogen) atoms. The summed E-state index contributed by atoms with van der Waals surface area (Å²) in [4.78, 5) is 20.6. The van der Waals surface area contributed by atoms with Gasteiger partial charge >= 0.3 is 0 Å². The summed E-state index contributed by atoms with van der Waals surface area (Å²) in [6.07, 6.45) is 0.377. The van der Waals surface area contributed by atoms with Gasteiger partial charge in [0.2, 0.25) is 18.8 Å². The van der Waals surface area contributed by atoms with Crippen LogP contribution >= 0.6 is 7.80 Å². The molecule has 0 aromatic rings. The maximum Gasteiger partial charge on any atom is 0.219 e. The van der Waals surface area contributed by atoms with Crippen LogP contribution in [0.5, 0.6) is 0 Å². The van der Waals surface area contributed by atoms with Gasteiger partial charge in [-0.3, -0.25) is 14.2 Å². The first-order valence-corrected chi connectivity index (χ1v) is 3.50. The van der Waals surface area contributed by atoms with Crippen LogP contribution in [-0.2, 0) is 14.2 Å². The van der Waals surface area contributed by atoms with E-state index in [-0.39, 0.29) is 23.9 Å². The zero-order chi connectivity index (χ0) is 6.15. The maximum atomic E-state index is 10.4. The molecule has 1 heterocycles. The predicted molar refractivity (Wildman–Crippen MR) is 26.9 cm³/mol. The molecule has 3 nitrogen and oxygen atoms in total. The van der Waals surface area contributed by atoms with Gasteiger partial charge in [0.15, 0.2) is 0 Å². The Bertz CT molecular complexity index is 154. The van der Waals surface area contributed by atoms with Crippen LogP contribution in [0.1, 0.15) is 12.8 Å². The van der Waals surface area contributed by atoms with Gasteiger partial charge in [0.1, 0.15) is 0 Å². The Kier molecular flexibility index (Phi) is 1.22. The average molecular weight is 131 g/mol. The highest BCUT2D eigenvalue weighted by atomic mass is 31.1. The standard InChI is InChI=1S/C4H4O3P/c5-3-1-2-4(6)8(3)7/h1-2H2. The molecule has 1 radical (unpaired) electrons. The van der Waals surface area contributed by atoms with E-state index in [2.05, 4.69) is 0 Å². The topological polar surface area (TPSA) is 51.2 Å². The number of carbonyl (C=O) groups excluding carboxylic acids is 2. The molecule has 0 aliphatic carbocycles. The van der Waals surface area contributed by atoms with Crippen molar-refractivity contribution in [3.05, 3.63) is 0 Å². The van der Waals surface area contributed by atoms with Gasteiger partial charge in [-0.05, 0) is 0 Å². The molecule has 0 atom stereocenters. The van der Waals surface area contributed by atoms with Crippen molar-refractivity contribution < 1.29 is 14.2 Å². The van der Waals surface area contributed by atoms with Crippen LogP contribution in [0.4, 0.5) is 0 Å². The van der Waals surface area contributed by atoms with Gasteiger partial charge in [0.25, 0.3) is 0 Å². The van der Waals surface area contributed by atoms with Gasteiger partial charge in [-0.25, -0.2) is 0 Å². The number of hydrogen-bond donors (Lipinski definition) is 0. The largest absolute Gasteiger partial charge is 0.286 e. The Morgan fingerprint density at radius 1 is 1.12 bits per heavy atom. The molecule has 43 valence electrons. The molecule has 1 aliphatic rings. The Balaban J connectivity index is 2.86. The Morgan fingerprint density at radius 3 is 1.62 bits per heavy atom. The van der Waals surface area contributed by atoms with Crippen LogP contribution < -0.4 is 0 Å². The summed E-state index contributed by atoms with van der Waals surface area (Å²) in [6.45, 7) is 0. The molecule has 4 heteroatoms. The van der Waals surface area contributed by atoms with Crippen LogP contribution in [0.15, 0.2) is 0 Å². The highest BCUT2D eigenvalue weighted by Crippen LogP contribution is 2.34. The molecule has 1 rings (SSSR count). The van der Waals surface area contributed by atoms with Gasteiger partial charge in [-0.2, -0.15) is 0 Å². The molecule has 1 saturated heterocycles. The van der Waals surface area contributed by atoms with Crippen molar-refractivity contribution in [2.75, 3.05) is 0 Å². The van der Waals surface area contributed by atoms with Gasteiger partial charge in [0.05, 0.1) is 0 Å². The normalized spacial score (nSPS) is 20.2. The van der Waals surface area contributed by atoms with E-state index < -0.39 is 7.80 Å². The first-order chi connectivity index (χ1) is 3.72. The van der Waals surface area contributed by atoms with E-state index in [1.807, 2.05) is 0 Å². The van der Waals surface area contributed by atoms with Gasteiger partial charge in [-0.15, -0.1) is 0 Å². The van der Waals surface area contributed by atoms with Gasteiger partial charge in [0, 0.05) is 12.8 Å². The maximum absolute atomic E-state index is 10.4. The van der Waals surface area contributed by atoms with Crippen LogP contribution in [-0.4, -0.2) is 11.0 Å². The smallest absolute Gasteiger partial charge is 0.219 e. The lowest BCUT2D eigenvalue weighted by molar-refractivity contribution is -0.112. The van der Waals surface area contributed by atoms with E-state index in [0.717, 1.165) is 0 Å². The van der Waals surface area contributed by atoms with E-state index in [4.69, 9.17) is 0 Å². The molecular formula is C4H4O3P. The lowest BCUT2D eigenvalue weighted by atomic mass is 10.4. The molecule has 0 N–H and O–H groups in total. The third-order valence-corrected chi connectivity index (χ3v) is 2.36. The second-order valence-electron chi connectivity index (χ2n) is 1.58. The first kappa shape index (κ1) is 5.57. The van der Waals surface area contributed by atoms with Crippen molar-refractivity contribution in [1.29, 1.82) is 0 Å². The highest BCUT2D eigenvalue weighted by molar-refractivity contribution is 7.79. The van der Waals surface area contributed by atoms with Crippen molar-refractivity contribution in [2.24, 2.45) is 0 Å². The molecule has 1 aliphatic heterocycles. The minimum absolute atomic E-state index is 0.189. The summed E-state index contributed by atoms with van der Waals surface area (Å²) >= 11 is 0. The minimum atomic E-state index is -2.12. The second kappa shape index (κ2) is 1.75. The summed E-state index contributed by atoms with van der Waals surface area (Å²) in [7, 11) is -2.12. The molecule has 0 unspecified atom stereocenters. The van der Waals surface area contributed by atoms with E-state index in [9.17, 15) is 14.2 Å². The van der Waals surface area contributed by atoms with E-state index in [1.165, 1.54) is 0 Å². The van der Waals surface area contributed by atoms with Gasteiger partial charge in [-0.1, -0.05) is 0 Å². The summed E-state index contributed by atoms with van der Waals surface area (Å²) in [5.74, 6) is 0. The quantitative estimate of drug-likeness (QED) is 0.454. The summed E-state index contributed by atoms with van der Waals surface area (Å²) in [5, 5.41) is 0. The van der Waals surface area contributed by atoms with Crippen LogP contribution in [0.2, 0.25) is 0 Å². The lowest BCUT2D eigenvalue weighted by Crippen LogP contribution is -1.78. The highest BCUT2D eigenvalue weighted by Gasteiger charge is 2.28. The summed E-state index contributed by atoms with van der Waals surface area (Å²) in [5.41, 5.74) is -0.769. The van der Waals surface area contributed by atoms with E-state index >= 15 is 0 Å². The summed E-state index contributed by atoms with van der Waals surface area (Å²) < 4.78 is 10.4. The molecule has 0 aromatic carbocycles. The zero-order valence-corrected chi connectivity index (χ0v) is 4.98. The monoisotopic (exact) mass is 131 g/mol. The van der Waals surface area contributed by atoms with Crippen LogP contribution in [0.3, 0.4) is 0 Å². The first-order valence-electron chi connectivity index (χ1n) is 2.25. The van der Waals surface area contributed by atoms with Crippen molar-refractivity contribution in [1.82, 2.24) is 0 Å². The number of carbonyl (C=O) groups is 2. The average Bonchev–Trinajstić information content (AvgIpc) is 1.98. The fourth-order valence-corrected chi connectivity index (χ4v) is 1.46. The van der Waals surface area contributed by atoms with Crippen molar-refractivity contribution in [3.8, 4) is 0 Å². The molecule has 0 spiro atoms. The van der Waals surface area contributed by atoms with Crippen molar-refractivity contribution >= 4 is 18.8 Å². The fraction of sp³-hybridized carbons (Fsp3) is 0.500.